The van der Waals surface area contributed by atoms with Crippen LogP contribution in [0.15, 0.2) is 0 Å². The predicted octanol–water partition coefficient (Wildman–Crippen LogP) is -0.0453. The summed E-state index contributed by atoms with van der Waals surface area (Å²) in [6.07, 6.45) is 0.525. The van der Waals surface area contributed by atoms with Gasteiger partial charge in [-0.05, 0) is 6.42 Å². The Hall–Kier alpha value is 0.0500. The summed E-state index contributed by atoms with van der Waals surface area (Å²) in [5, 5.41) is 27.6. The minimum atomic E-state index is -2.22. The number of carboxylic acids is 1. The summed E-state index contributed by atoms with van der Waals surface area (Å²) in [5.41, 5.74) is 0. The molecule has 0 rings (SSSR count). The highest BCUT2D eigenvalue weighted by Gasteiger charge is 2.37. The molecule has 0 aromatic carbocycles. The van der Waals surface area contributed by atoms with Gasteiger partial charge in [-0.25, -0.2) is 0 Å². The lowest BCUT2D eigenvalue weighted by Crippen LogP contribution is -2.52. The van der Waals surface area contributed by atoms with Gasteiger partial charge in [-0.2, -0.15) is 16.9 Å². The molecule has 0 saturated carbocycles. The lowest BCUT2D eigenvalue weighted by Gasteiger charge is -2.33. The van der Waals surface area contributed by atoms with E-state index in [1.54, 1.807) is 6.92 Å². The standard InChI is InChI=1S/C7H15NO4S2/c1-2-3-7(11,12)8(14)5(4-13)6(9)10/h5,11-14H,2-4H2,1H3,(H,9,10)/t5-/m0/s1. The Balaban J connectivity index is 4.55. The molecule has 0 spiro atoms. The van der Waals surface area contributed by atoms with Crippen LogP contribution in [0.5, 0.6) is 0 Å². The van der Waals surface area contributed by atoms with Crippen molar-refractivity contribution in [3.05, 3.63) is 0 Å². The van der Waals surface area contributed by atoms with E-state index in [0.717, 1.165) is 0 Å². The maximum atomic E-state index is 10.7. The summed E-state index contributed by atoms with van der Waals surface area (Å²) in [4.78, 5) is 10.7. The molecule has 0 radical (unpaired) electrons. The van der Waals surface area contributed by atoms with Crippen molar-refractivity contribution >= 4 is 31.4 Å². The summed E-state index contributed by atoms with van der Waals surface area (Å²) in [6, 6.07) is -1.14. The van der Waals surface area contributed by atoms with Gasteiger partial charge in [-0.3, -0.25) is 4.79 Å². The molecule has 0 aliphatic rings. The van der Waals surface area contributed by atoms with E-state index in [-0.39, 0.29) is 12.2 Å². The van der Waals surface area contributed by atoms with Gasteiger partial charge in [0, 0.05) is 12.2 Å². The average Bonchev–Trinajstić information content (AvgIpc) is 2.04. The molecule has 0 saturated heterocycles. The Morgan fingerprint density at radius 3 is 2.36 bits per heavy atom. The van der Waals surface area contributed by atoms with Crippen LogP contribution in [-0.2, 0) is 4.79 Å². The van der Waals surface area contributed by atoms with Crippen molar-refractivity contribution in [2.24, 2.45) is 0 Å². The number of aliphatic hydroxyl groups is 2. The molecule has 0 fully saturated rings. The number of hydrogen-bond donors (Lipinski definition) is 5. The van der Waals surface area contributed by atoms with Gasteiger partial charge in [0.25, 0.3) is 0 Å². The zero-order valence-electron chi connectivity index (χ0n) is 7.79. The second-order valence-corrected chi connectivity index (χ2v) is 3.70. The highest BCUT2D eigenvalue weighted by atomic mass is 32.1. The molecule has 0 amide bonds. The summed E-state index contributed by atoms with van der Waals surface area (Å²) in [6.45, 7) is 1.75. The van der Waals surface area contributed by atoms with Gasteiger partial charge in [-0.15, -0.1) is 0 Å². The number of rotatable bonds is 6. The predicted molar refractivity (Wildman–Crippen MR) is 58.2 cm³/mol. The molecule has 1 atom stereocenters. The van der Waals surface area contributed by atoms with Gasteiger partial charge in [0.05, 0.1) is 0 Å². The molecule has 14 heavy (non-hydrogen) atoms. The van der Waals surface area contributed by atoms with Gasteiger partial charge in [-0.1, -0.05) is 19.7 Å². The van der Waals surface area contributed by atoms with Crippen LogP contribution in [0.25, 0.3) is 0 Å². The SMILES string of the molecule is CCCC(O)(O)N(S)[C@@H](CS)C(=O)O. The number of thiol groups is 2. The average molecular weight is 241 g/mol. The lowest BCUT2D eigenvalue weighted by atomic mass is 10.2. The molecule has 0 aliphatic carbocycles. The molecule has 5 nitrogen and oxygen atoms in total. The van der Waals surface area contributed by atoms with Crippen LogP contribution in [0, 0.1) is 0 Å². The first-order valence-electron chi connectivity index (χ1n) is 4.13. The lowest BCUT2D eigenvalue weighted by molar-refractivity contribution is -0.242. The maximum Gasteiger partial charge on any atom is 0.322 e. The molecular weight excluding hydrogens is 226 g/mol. The van der Waals surface area contributed by atoms with E-state index in [1.807, 2.05) is 0 Å². The smallest absolute Gasteiger partial charge is 0.322 e. The fraction of sp³-hybridized carbons (Fsp3) is 0.857. The van der Waals surface area contributed by atoms with E-state index in [4.69, 9.17) is 5.11 Å². The largest absolute Gasteiger partial charge is 0.480 e. The van der Waals surface area contributed by atoms with Gasteiger partial charge < -0.3 is 15.3 Å². The molecule has 0 aromatic heterocycles. The van der Waals surface area contributed by atoms with E-state index in [2.05, 4.69) is 25.4 Å². The van der Waals surface area contributed by atoms with Crippen molar-refractivity contribution in [2.45, 2.75) is 31.7 Å². The number of aliphatic carboxylic acids is 1. The van der Waals surface area contributed by atoms with E-state index in [9.17, 15) is 15.0 Å². The van der Waals surface area contributed by atoms with Crippen LogP contribution in [-0.4, -0.2) is 43.3 Å². The Morgan fingerprint density at radius 2 is 2.07 bits per heavy atom. The van der Waals surface area contributed by atoms with Crippen LogP contribution < -0.4 is 0 Å². The first kappa shape index (κ1) is 14.1. The Labute approximate surface area is 93.7 Å². The molecule has 0 aliphatic heterocycles. The molecule has 3 N–H and O–H groups in total. The van der Waals surface area contributed by atoms with E-state index in [1.165, 1.54) is 0 Å². The Bertz CT molecular complexity index is 200. The van der Waals surface area contributed by atoms with Crippen molar-refractivity contribution in [1.29, 1.82) is 0 Å². The van der Waals surface area contributed by atoms with E-state index in [0.29, 0.717) is 10.7 Å². The zero-order chi connectivity index (χ0) is 11.4. The zero-order valence-corrected chi connectivity index (χ0v) is 9.58. The number of hydrogen-bond acceptors (Lipinski definition) is 6. The first-order chi connectivity index (χ1) is 6.36. The van der Waals surface area contributed by atoms with Crippen molar-refractivity contribution in [3.8, 4) is 0 Å². The van der Waals surface area contributed by atoms with Gasteiger partial charge in [0.1, 0.15) is 6.04 Å². The van der Waals surface area contributed by atoms with Crippen molar-refractivity contribution in [1.82, 2.24) is 4.31 Å². The van der Waals surface area contributed by atoms with Crippen LogP contribution in [0.4, 0.5) is 0 Å². The van der Waals surface area contributed by atoms with E-state index >= 15 is 0 Å². The minimum absolute atomic E-state index is 0.0219. The molecule has 0 unspecified atom stereocenters. The number of carboxylic acid groups (broad SMARTS) is 1. The number of nitrogens with zero attached hydrogens (tertiary/aromatic N) is 1. The summed E-state index contributed by atoms with van der Waals surface area (Å²) in [5.74, 6) is -3.46. The molecule has 7 heteroatoms. The highest BCUT2D eigenvalue weighted by molar-refractivity contribution is 7.80. The third-order valence-electron chi connectivity index (χ3n) is 1.71. The molecule has 0 heterocycles. The molecular formula is C7H15NO4S2. The Kier molecular flexibility index (Phi) is 5.84. The highest BCUT2D eigenvalue weighted by Crippen LogP contribution is 2.21. The van der Waals surface area contributed by atoms with Crippen molar-refractivity contribution in [3.63, 3.8) is 0 Å². The maximum absolute atomic E-state index is 10.7. The van der Waals surface area contributed by atoms with Gasteiger partial charge in [0.2, 0.25) is 5.91 Å². The minimum Gasteiger partial charge on any atom is -0.480 e. The summed E-state index contributed by atoms with van der Waals surface area (Å²) >= 11 is 7.56. The van der Waals surface area contributed by atoms with Gasteiger partial charge in [0.15, 0.2) is 0 Å². The first-order valence-corrected chi connectivity index (χ1v) is 5.16. The van der Waals surface area contributed by atoms with Crippen LogP contribution >= 0.6 is 25.4 Å². The third kappa shape index (κ3) is 3.66. The van der Waals surface area contributed by atoms with Crippen molar-refractivity contribution < 1.29 is 20.1 Å². The van der Waals surface area contributed by atoms with Crippen LogP contribution in [0.2, 0.25) is 0 Å². The molecule has 0 aromatic rings. The van der Waals surface area contributed by atoms with Crippen molar-refractivity contribution in [2.75, 3.05) is 5.75 Å². The monoisotopic (exact) mass is 241 g/mol. The van der Waals surface area contributed by atoms with Gasteiger partial charge >= 0.3 is 5.97 Å². The fourth-order valence-corrected chi connectivity index (χ4v) is 1.69. The molecule has 84 valence electrons. The van der Waals surface area contributed by atoms with Crippen LogP contribution in [0.3, 0.4) is 0 Å². The second-order valence-electron chi connectivity index (χ2n) is 2.91. The normalized spacial score (nSPS) is 14.4. The second kappa shape index (κ2) is 5.82. The summed E-state index contributed by atoms with van der Waals surface area (Å²) < 4.78 is 0.700. The third-order valence-corrected chi connectivity index (χ3v) is 2.65. The van der Waals surface area contributed by atoms with E-state index < -0.39 is 17.9 Å². The fourth-order valence-electron chi connectivity index (χ4n) is 0.960. The Morgan fingerprint density at radius 1 is 1.57 bits per heavy atom. The number of carbonyl (C=O) groups is 1. The quantitative estimate of drug-likeness (QED) is 0.333. The van der Waals surface area contributed by atoms with Crippen LogP contribution in [0.1, 0.15) is 19.8 Å². The molecule has 0 bridgehead atoms. The topological polar surface area (TPSA) is 81.0 Å². The summed E-state index contributed by atoms with van der Waals surface area (Å²) in [7, 11) is 0.